The third kappa shape index (κ3) is 1.61. The average Bonchev–Trinajstić information content (AvgIpc) is 2.82. The first-order valence-electron chi connectivity index (χ1n) is 5.71. The minimum Gasteiger partial charge on any atom is -0.356 e. The molecule has 0 unspecified atom stereocenters. The van der Waals surface area contributed by atoms with Crippen LogP contribution in [0.25, 0.3) is 5.57 Å². The number of rotatable bonds is 1. The van der Waals surface area contributed by atoms with Crippen molar-refractivity contribution >= 4 is 5.57 Å². The number of hydrogen-bond donors (Lipinski definition) is 1. The van der Waals surface area contributed by atoms with Gasteiger partial charge in [0, 0.05) is 12.1 Å². The van der Waals surface area contributed by atoms with Crippen LogP contribution in [0.15, 0.2) is 16.7 Å². The molecule has 0 bridgehead atoms. The number of nitrogens with zero attached hydrogens (tertiary/aromatic N) is 1. The molecule has 0 amide bonds. The Labute approximate surface area is 89.5 Å². The van der Waals surface area contributed by atoms with Crippen LogP contribution in [0, 0.1) is 12.8 Å². The van der Waals surface area contributed by atoms with Crippen molar-refractivity contribution in [1.29, 1.82) is 0 Å². The van der Waals surface area contributed by atoms with Crippen LogP contribution in [-0.2, 0) is 0 Å². The van der Waals surface area contributed by atoms with Gasteiger partial charge in [-0.25, -0.2) is 0 Å². The summed E-state index contributed by atoms with van der Waals surface area (Å²) < 4.78 is 5.31. The molecule has 1 saturated heterocycles. The molecule has 0 radical (unpaired) electrons. The van der Waals surface area contributed by atoms with Gasteiger partial charge in [-0.15, -0.1) is 0 Å². The molecule has 3 rings (SSSR count). The van der Waals surface area contributed by atoms with Crippen molar-refractivity contribution in [3.05, 3.63) is 23.6 Å². The van der Waals surface area contributed by atoms with Gasteiger partial charge in [-0.2, -0.15) is 0 Å². The van der Waals surface area contributed by atoms with Crippen LogP contribution in [0.1, 0.15) is 30.7 Å². The van der Waals surface area contributed by atoms with Gasteiger partial charge in [0.2, 0.25) is 0 Å². The van der Waals surface area contributed by atoms with Crippen molar-refractivity contribution in [2.24, 2.45) is 5.92 Å². The highest BCUT2D eigenvalue weighted by molar-refractivity contribution is 5.65. The number of aryl methyl sites for hydroxylation is 1. The van der Waals surface area contributed by atoms with Gasteiger partial charge in [0.25, 0.3) is 0 Å². The maximum Gasteiger partial charge on any atom is 0.162 e. The van der Waals surface area contributed by atoms with Crippen LogP contribution < -0.4 is 5.32 Å². The van der Waals surface area contributed by atoms with E-state index < -0.39 is 0 Å². The molecular weight excluding hydrogens is 188 g/mol. The zero-order valence-corrected chi connectivity index (χ0v) is 8.99. The molecule has 0 saturated carbocycles. The predicted molar refractivity (Wildman–Crippen MR) is 58.3 cm³/mol. The van der Waals surface area contributed by atoms with E-state index in [1.165, 1.54) is 18.4 Å². The lowest BCUT2D eigenvalue weighted by atomic mass is 9.94. The Hall–Kier alpha value is -1.09. The molecule has 2 aliphatic rings. The first-order valence-corrected chi connectivity index (χ1v) is 5.71. The molecule has 2 atom stereocenters. The van der Waals surface area contributed by atoms with E-state index in [4.69, 9.17) is 4.52 Å². The van der Waals surface area contributed by atoms with Crippen LogP contribution in [-0.4, -0.2) is 17.7 Å². The fourth-order valence-corrected chi connectivity index (χ4v) is 2.66. The van der Waals surface area contributed by atoms with Crippen molar-refractivity contribution in [2.75, 3.05) is 6.54 Å². The first-order chi connectivity index (χ1) is 7.33. The molecule has 0 aromatic carbocycles. The summed E-state index contributed by atoms with van der Waals surface area (Å²) in [7, 11) is 0. The Bertz CT molecular complexity index is 394. The van der Waals surface area contributed by atoms with Crippen molar-refractivity contribution in [3.63, 3.8) is 0 Å². The highest BCUT2D eigenvalue weighted by atomic mass is 16.5. The van der Waals surface area contributed by atoms with E-state index in [2.05, 4.69) is 16.5 Å². The summed E-state index contributed by atoms with van der Waals surface area (Å²) in [6, 6.07) is 2.67. The summed E-state index contributed by atoms with van der Waals surface area (Å²) in [5, 5.41) is 7.52. The van der Waals surface area contributed by atoms with Crippen molar-refractivity contribution in [3.8, 4) is 0 Å². The third-order valence-corrected chi connectivity index (χ3v) is 3.44. The zero-order chi connectivity index (χ0) is 10.3. The van der Waals surface area contributed by atoms with E-state index in [0.717, 1.165) is 24.4 Å². The summed E-state index contributed by atoms with van der Waals surface area (Å²) in [6.45, 7) is 3.13. The summed E-state index contributed by atoms with van der Waals surface area (Å²) in [4.78, 5) is 0. The van der Waals surface area contributed by atoms with Crippen molar-refractivity contribution < 1.29 is 4.52 Å². The Morgan fingerprint density at radius 3 is 3.20 bits per heavy atom. The molecule has 1 aromatic heterocycles. The van der Waals surface area contributed by atoms with Gasteiger partial charge in [0.1, 0.15) is 0 Å². The largest absolute Gasteiger partial charge is 0.356 e. The van der Waals surface area contributed by atoms with E-state index >= 15 is 0 Å². The summed E-state index contributed by atoms with van der Waals surface area (Å²) in [5.74, 6) is 1.67. The van der Waals surface area contributed by atoms with Crippen LogP contribution in [0.3, 0.4) is 0 Å². The van der Waals surface area contributed by atoms with Crippen molar-refractivity contribution in [2.45, 2.75) is 32.2 Å². The second-order valence-corrected chi connectivity index (χ2v) is 4.60. The second-order valence-electron chi connectivity index (χ2n) is 4.60. The lowest BCUT2D eigenvalue weighted by Gasteiger charge is -2.25. The van der Waals surface area contributed by atoms with Gasteiger partial charge in [-0.05, 0) is 44.2 Å². The molecule has 15 heavy (non-hydrogen) atoms. The van der Waals surface area contributed by atoms with Crippen LogP contribution in [0.2, 0.25) is 0 Å². The molecule has 1 fully saturated rings. The monoisotopic (exact) mass is 204 g/mol. The topological polar surface area (TPSA) is 38.1 Å². The van der Waals surface area contributed by atoms with Crippen LogP contribution >= 0.6 is 0 Å². The van der Waals surface area contributed by atoms with Crippen LogP contribution in [0.4, 0.5) is 0 Å². The van der Waals surface area contributed by atoms with Gasteiger partial charge in [-0.1, -0.05) is 11.2 Å². The van der Waals surface area contributed by atoms with Crippen LogP contribution in [0.5, 0.6) is 0 Å². The highest BCUT2D eigenvalue weighted by Crippen LogP contribution is 2.36. The summed E-state index contributed by atoms with van der Waals surface area (Å²) >= 11 is 0. The normalized spacial score (nSPS) is 30.1. The number of nitrogens with one attached hydrogen (secondary N) is 1. The van der Waals surface area contributed by atoms with Gasteiger partial charge in [0.15, 0.2) is 5.76 Å². The molecule has 1 N–H and O–H groups in total. The molecule has 1 aliphatic carbocycles. The van der Waals surface area contributed by atoms with Crippen molar-refractivity contribution in [1.82, 2.24) is 10.5 Å². The molecule has 3 heteroatoms. The fourth-order valence-electron chi connectivity index (χ4n) is 2.66. The average molecular weight is 204 g/mol. The molecule has 0 spiro atoms. The Kier molecular flexibility index (Phi) is 2.13. The lowest BCUT2D eigenvalue weighted by Crippen LogP contribution is -2.37. The smallest absolute Gasteiger partial charge is 0.162 e. The number of fused-ring (bicyclic) bond motifs is 1. The standard InChI is InChI=1S/C12H16N2O/c1-8-5-12(15-14-8)10-6-9-3-2-4-13-11(9)7-10/h5-6,9,11,13H,2-4,7H2,1H3/t9-,11+/m0/s1. The first kappa shape index (κ1) is 9.16. The van der Waals surface area contributed by atoms with Gasteiger partial charge in [-0.3, -0.25) is 0 Å². The summed E-state index contributed by atoms with van der Waals surface area (Å²) in [6.07, 6.45) is 6.07. The minimum atomic E-state index is 0.638. The van der Waals surface area contributed by atoms with Gasteiger partial charge in [0.05, 0.1) is 5.69 Å². The van der Waals surface area contributed by atoms with E-state index in [9.17, 15) is 0 Å². The predicted octanol–water partition coefficient (Wildman–Crippen LogP) is 2.14. The lowest BCUT2D eigenvalue weighted by molar-refractivity contribution is 0.347. The minimum absolute atomic E-state index is 0.638. The second kappa shape index (κ2) is 3.49. The molecular formula is C12H16N2O. The van der Waals surface area contributed by atoms with E-state index in [0.29, 0.717) is 12.0 Å². The number of aromatic nitrogens is 1. The number of hydrogen-bond acceptors (Lipinski definition) is 3. The third-order valence-electron chi connectivity index (χ3n) is 3.44. The quantitative estimate of drug-likeness (QED) is 0.761. The number of piperidine rings is 1. The molecule has 80 valence electrons. The van der Waals surface area contributed by atoms with E-state index in [-0.39, 0.29) is 0 Å². The Morgan fingerprint density at radius 2 is 2.47 bits per heavy atom. The molecule has 1 aromatic rings. The Morgan fingerprint density at radius 1 is 1.53 bits per heavy atom. The van der Waals surface area contributed by atoms with E-state index in [1.54, 1.807) is 0 Å². The molecule has 3 nitrogen and oxygen atoms in total. The molecule has 1 aliphatic heterocycles. The zero-order valence-electron chi connectivity index (χ0n) is 8.99. The maximum absolute atomic E-state index is 5.31. The van der Waals surface area contributed by atoms with Gasteiger partial charge >= 0.3 is 0 Å². The SMILES string of the molecule is Cc1cc(C2=C[C@@H]3CCCN[C@@H]3C2)on1. The maximum atomic E-state index is 5.31. The fraction of sp³-hybridized carbons (Fsp3) is 0.583. The van der Waals surface area contributed by atoms with E-state index in [1.807, 2.05) is 13.0 Å². The molecule has 2 heterocycles. The highest BCUT2D eigenvalue weighted by Gasteiger charge is 2.31. The van der Waals surface area contributed by atoms with Gasteiger partial charge < -0.3 is 9.84 Å². The summed E-state index contributed by atoms with van der Waals surface area (Å²) in [5.41, 5.74) is 2.30. The Balaban J connectivity index is 1.83.